The van der Waals surface area contributed by atoms with Gasteiger partial charge in [0.15, 0.2) is 0 Å². The molecule has 0 N–H and O–H groups in total. The Labute approximate surface area is 158 Å². The summed E-state index contributed by atoms with van der Waals surface area (Å²) in [7, 11) is 0. The Bertz CT molecular complexity index is 670. The summed E-state index contributed by atoms with van der Waals surface area (Å²) in [6.45, 7) is 11.5. The second-order valence-corrected chi connectivity index (χ2v) is 6.99. The molecule has 4 heteroatoms. The summed E-state index contributed by atoms with van der Waals surface area (Å²) in [5.41, 5.74) is 3.60. The van der Waals surface area contributed by atoms with E-state index in [1.807, 2.05) is 37.8 Å². The number of hydrogen-bond donors (Lipinski definition) is 0. The molecule has 0 spiro atoms. The molecule has 1 aliphatic carbocycles. The van der Waals surface area contributed by atoms with Crippen molar-refractivity contribution < 1.29 is 9.53 Å². The van der Waals surface area contributed by atoms with Gasteiger partial charge in [0.1, 0.15) is 11.5 Å². The lowest BCUT2D eigenvalue weighted by molar-refractivity contribution is -0.124. The minimum Gasteiger partial charge on any atom is -0.490 e. The van der Waals surface area contributed by atoms with Crippen LogP contribution in [0.1, 0.15) is 65.9 Å². The van der Waals surface area contributed by atoms with Gasteiger partial charge < -0.3 is 9.64 Å². The van der Waals surface area contributed by atoms with E-state index < -0.39 is 0 Å². The first-order chi connectivity index (χ1) is 12.5. The lowest BCUT2D eigenvalue weighted by Crippen LogP contribution is -2.36. The maximum Gasteiger partial charge on any atom is 0.267 e. The van der Waals surface area contributed by atoms with E-state index in [0.29, 0.717) is 11.8 Å². The molecule has 0 heterocycles. The van der Waals surface area contributed by atoms with Crippen LogP contribution in [0.3, 0.4) is 0 Å². The molecule has 0 unspecified atom stereocenters. The third-order valence-electron chi connectivity index (χ3n) is 4.75. The number of carbonyl (C=O) groups excluding carboxylic acids is 1. The number of allylic oxidation sites excluding steroid dienone is 2. The van der Waals surface area contributed by atoms with E-state index in [-0.39, 0.29) is 5.91 Å². The monoisotopic (exact) mass is 356 g/mol. The SMILES string of the molecule is CCCCN(CC)C(=O)C(C)=N/C(C)=C(\C)c1ccc(OC2CC2)cc1. The number of carbonyl (C=O) groups is 1. The first kappa shape index (κ1) is 20.2. The second-order valence-electron chi connectivity index (χ2n) is 6.99. The summed E-state index contributed by atoms with van der Waals surface area (Å²) in [4.78, 5) is 19.0. The number of unbranched alkanes of at least 4 members (excludes halogenated alkanes) is 1. The molecule has 142 valence electrons. The van der Waals surface area contributed by atoms with Crippen molar-refractivity contribution in [3.05, 3.63) is 35.5 Å². The van der Waals surface area contributed by atoms with Gasteiger partial charge in [-0.1, -0.05) is 25.5 Å². The minimum absolute atomic E-state index is 0.0290. The van der Waals surface area contributed by atoms with Crippen LogP contribution in [0.4, 0.5) is 0 Å². The molecule has 1 fully saturated rings. The molecular formula is C22H32N2O2. The summed E-state index contributed by atoms with van der Waals surface area (Å²) in [6, 6.07) is 8.14. The molecule has 1 amide bonds. The summed E-state index contributed by atoms with van der Waals surface area (Å²) >= 11 is 0. The Morgan fingerprint density at radius 1 is 1.15 bits per heavy atom. The zero-order chi connectivity index (χ0) is 19.1. The smallest absolute Gasteiger partial charge is 0.267 e. The highest BCUT2D eigenvalue weighted by Crippen LogP contribution is 2.28. The van der Waals surface area contributed by atoms with Crippen molar-refractivity contribution in [3.8, 4) is 5.75 Å². The normalized spacial score (nSPS) is 15.5. The van der Waals surface area contributed by atoms with Crippen molar-refractivity contribution in [3.63, 3.8) is 0 Å². The molecule has 0 aliphatic heterocycles. The first-order valence-electron chi connectivity index (χ1n) is 9.75. The molecule has 1 saturated carbocycles. The van der Waals surface area contributed by atoms with Crippen LogP contribution < -0.4 is 4.74 Å². The summed E-state index contributed by atoms with van der Waals surface area (Å²) in [6.07, 6.45) is 4.84. The summed E-state index contributed by atoms with van der Waals surface area (Å²) < 4.78 is 5.79. The van der Waals surface area contributed by atoms with E-state index in [9.17, 15) is 4.79 Å². The van der Waals surface area contributed by atoms with Gasteiger partial charge in [-0.3, -0.25) is 9.79 Å². The van der Waals surface area contributed by atoms with Gasteiger partial charge in [0, 0.05) is 18.8 Å². The predicted octanol–water partition coefficient (Wildman–Crippen LogP) is 5.09. The topological polar surface area (TPSA) is 41.9 Å². The van der Waals surface area contributed by atoms with Gasteiger partial charge in [0.2, 0.25) is 0 Å². The predicted molar refractivity (Wildman–Crippen MR) is 109 cm³/mol. The van der Waals surface area contributed by atoms with Crippen LogP contribution in [0.5, 0.6) is 5.75 Å². The van der Waals surface area contributed by atoms with Gasteiger partial charge in [0.05, 0.1) is 6.10 Å². The van der Waals surface area contributed by atoms with Crippen molar-refractivity contribution in [2.24, 2.45) is 4.99 Å². The van der Waals surface area contributed by atoms with Crippen LogP contribution in [-0.4, -0.2) is 35.7 Å². The number of hydrogen-bond acceptors (Lipinski definition) is 3. The zero-order valence-corrected chi connectivity index (χ0v) is 16.8. The number of aliphatic imine (C=N–C) groups is 1. The Kier molecular flexibility index (Phi) is 7.43. The highest BCUT2D eigenvalue weighted by Gasteiger charge is 2.23. The molecule has 1 aliphatic rings. The van der Waals surface area contributed by atoms with Crippen LogP contribution in [0, 0.1) is 0 Å². The van der Waals surface area contributed by atoms with Crippen molar-refractivity contribution >= 4 is 17.2 Å². The minimum atomic E-state index is 0.0290. The molecule has 1 aromatic carbocycles. The van der Waals surface area contributed by atoms with E-state index in [1.165, 1.54) is 0 Å². The average Bonchev–Trinajstić information content (AvgIpc) is 3.46. The van der Waals surface area contributed by atoms with Crippen LogP contribution in [0.25, 0.3) is 5.57 Å². The zero-order valence-electron chi connectivity index (χ0n) is 16.8. The van der Waals surface area contributed by atoms with Crippen LogP contribution >= 0.6 is 0 Å². The van der Waals surface area contributed by atoms with Crippen LogP contribution in [0.15, 0.2) is 35.0 Å². The molecule has 0 bridgehead atoms. The highest BCUT2D eigenvalue weighted by atomic mass is 16.5. The van der Waals surface area contributed by atoms with Gasteiger partial charge in [-0.2, -0.15) is 0 Å². The fourth-order valence-electron chi connectivity index (χ4n) is 2.74. The number of ether oxygens (including phenoxy) is 1. The molecule has 26 heavy (non-hydrogen) atoms. The van der Waals surface area contributed by atoms with Gasteiger partial charge in [0.25, 0.3) is 5.91 Å². The Hall–Kier alpha value is -2.10. The Morgan fingerprint density at radius 2 is 1.81 bits per heavy atom. The molecule has 2 rings (SSSR count). The second kappa shape index (κ2) is 9.56. The van der Waals surface area contributed by atoms with E-state index in [0.717, 1.165) is 61.4 Å². The third kappa shape index (κ3) is 5.72. The molecule has 4 nitrogen and oxygen atoms in total. The average molecular weight is 357 g/mol. The number of nitrogens with zero attached hydrogens (tertiary/aromatic N) is 2. The lowest BCUT2D eigenvalue weighted by atomic mass is 10.1. The third-order valence-corrected chi connectivity index (χ3v) is 4.75. The van der Waals surface area contributed by atoms with E-state index in [4.69, 9.17) is 4.74 Å². The fraction of sp³-hybridized carbons (Fsp3) is 0.545. The summed E-state index contributed by atoms with van der Waals surface area (Å²) in [5, 5.41) is 0. The van der Waals surface area contributed by atoms with Gasteiger partial charge in [-0.25, -0.2) is 0 Å². The maximum absolute atomic E-state index is 12.6. The van der Waals surface area contributed by atoms with E-state index in [2.05, 4.69) is 24.0 Å². The fourth-order valence-corrected chi connectivity index (χ4v) is 2.74. The van der Waals surface area contributed by atoms with Gasteiger partial charge in [-0.15, -0.1) is 0 Å². The standard InChI is InChI=1S/C22H32N2O2/c1-6-8-15-24(7-2)22(25)18(5)23-17(4)16(3)19-9-11-20(12-10-19)26-21-13-14-21/h9-12,21H,6-8,13-15H2,1-5H3/b17-16+,23-18?. The quantitative estimate of drug-likeness (QED) is 0.578. The lowest BCUT2D eigenvalue weighted by Gasteiger charge is -2.20. The number of amides is 1. The van der Waals surface area contributed by atoms with Crippen molar-refractivity contribution in [2.45, 2.75) is 66.4 Å². The van der Waals surface area contributed by atoms with Crippen molar-refractivity contribution in [1.29, 1.82) is 0 Å². The summed E-state index contributed by atoms with van der Waals surface area (Å²) in [5.74, 6) is 0.951. The number of rotatable bonds is 9. The van der Waals surface area contributed by atoms with Crippen molar-refractivity contribution in [2.75, 3.05) is 13.1 Å². The van der Waals surface area contributed by atoms with Gasteiger partial charge in [-0.05, 0) is 70.2 Å². The first-order valence-corrected chi connectivity index (χ1v) is 9.75. The highest BCUT2D eigenvalue weighted by molar-refractivity contribution is 6.38. The number of benzene rings is 1. The molecule has 0 aromatic heterocycles. The molecule has 1 aromatic rings. The van der Waals surface area contributed by atoms with Crippen LogP contribution in [-0.2, 0) is 4.79 Å². The van der Waals surface area contributed by atoms with Crippen molar-refractivity contribution in [1.82, 2.24) is 4.90 Å². The van der Waals surface area contributed by atoms with E-state index >= 15 is 0 Å². The molecular weight excluding hydrogens is 324 g/mol. The molecule has 0 radical (unpaired) electrons. The molecule has 0 saturated heterocycles. The molecule has 0 atom stereocenters. The Balaban J connectivity index is 2.09. The van der Waals surface area contributed by atoms with E-state index in [1.54, 1.807) is 6.92 Å². The Morgan fingerprint density at radius 3 is 2.35 bits per heavy atom. The van der Waals surface area contributed by atoms with Gasteiger partial charge >= 0.3 is 0 Å². The largest absolute Gasteiger partial charge is 0.490 e. The maximum atomic E-state index is 12.6. The van der Waals surface area contributed by atoms with Crippen LogP contribution in [0.2, 0.25) is 0 Å².